The highest BCUT2D eigenvalue weighted by Crippen LogP contribution is 2.19. The first kappa shape index (κ1) is 24.9. The van der Waals surface area contributed by atoms with Gasteiger partial charge in [0.05, 0.1) is 5.75 Å². The molecule has 168 valence electrons. The lowest BCUT2D eigenvalue weighted by Crippen LogP contribution is -2.49. The van der Waals surface area contributed by atoms with E-state index in [4.69, 9.17) is 0 Å². The van der Waals surface area contributed by atoms with Crippen molar-refractivity contribution in [1.82, 2.24) is 10.2 Å². The van der Waals surface area contributed by atoms with Gasteiger partial charge in [-0.3, -0.25) is 9.59 Å². The van der Waals surface area contributed by atoms with Gasteiger partial charge < -0.3 is 10.2 Å². The molecule has 2 rings (SSSR count). The second-order valence-corrected chi connectivity index (χ2v) is 8.62. The van der Waals surface area contributed by atoms with Crippen molar-refractivity contribution in [3.05, 3.63) is 71.0 Å². The summed E-state index contributed by atoms with van der Waals surface area (Å²) in [6.45, 7) is 7.06. The van der Waals surface area contributed by atoms with E-state index in [9.17, 15) is 14.0 Å². The Hall–Kier alpha value is -2.34. The molecule has 0 spiro atoms. The van der Waals surface area contributed by atoms with Crippen LogP contribution in [-0.2, 0) is 21.9 Å². The molecule has 2 aromatic carbocycles. The van der Waals surface area contributed by atoms with Crippen LogP contribution in [0, 0.1) is 12.7 Å². The number of hydrogen-bond acceptors (Lipinski definition) is 3. The van der Waals surface area contributed by atoms with Crippen molar-refractivity contribution in [2.45, 2.75) is 58.4 Å². The zero-order chi connectivity index (χ0) is 22.6. The van der Waals surface area contributed by atoms with E-state index in [-0.39, 0.29) is 23.4 Å². The fourth-order valence-electron chi connectivity index (χ4n) is 3.32. The molecule has 31 heavy (non-hydrogen) atoms. The molecular formula is C25H33FN2O2S. The molecule has 1 atom stereocenters. The van der Waals surface area contributed by atoms with Crippen LogP contribution in [0.4, 0.5) is 4.39 Å². The molecule has 0 aromatic heterocycles. The Morgan fingerprint density at radius 2 is 1.81 bits per heavy atom. The standard InChI is InChI=1S/C25H33FN2O2S/c1-4-6-15-27-25(30)23(5-2)28(16-21-10-8-7-9-19(21)3)24(29)18-31-17-20-11-13-22(26)14-12-20/h7-14,23H,4-6,15-18H2,1-3H3,(H,27,30)/t23-/m0/s1. The quantitative estimate of drug-likeness (QED) is 0.464. The van der Waals surface area contributed by atoms with Gasteiger partial charge >= 0.3 is 0 Å². The monoisotopic (exact) mass is 444 g/mol. The largest absolute Gasteiger partial charge is 0.354 e. The molecule has 1 N–H and O–H groups in total. The Balaban J connectivity index is 2.10. The minimum atomic E-state index is -0.504. The molecule has 0 aliphatic carbocycles. The van der Waals surface area contributed by atoms with Crippen molar-refractivity contribution in [2.75, 3.05) is 12.3 Å². The highest BCUT2D eigenvalue weighted by molar-refractivity contribution is 7.99. The zero-order valence-electron chi connectivity index (χ0n) is 18.7. The summed E-state index contributed by atoms with van der Waals surface area (Å²) in [4.78, 5) is 27.8. The number of carbonyl (C=O) groups excluding carboxylic acids is 2. The third-order valence-corrected chi connectivity index (χ3v) is 6.21. The van der Waals surface area contributed by atoms with Crippen LogP contribution in [0.3, 0.4) is 0 Å². The van der Waals surface area contributed by atoms with Gasteiger partial charge in [0.2, 0.25) is 11.8 Å². The Bertz CT molecular complexity index is 842. The van der Waals surface area contributed by atoms with E-state index in [0.29, 0.717) is 25.3 Å². The number of carbonyl (C=O) groups is 2. The first-order valence-electron chi connectivity index (χ1n) is 10.9. The number of hydrogen-bond donors (Lipinski definition) is 1. The molecule has 6 heteroatoms. The topological polar surface area (TPSA) is 49.4 Å². The number of amides is 2. The van der Waals surface area contributed by atoms with Crippen molar-refractivity contribution in [3.8, 4) is 0 Å². The van der Waals surface area contributed by atoms with Gasteiger partial charge in [-0.05, 0) is 48.6 Å². The summed E-state index contributed by atoms with van der Waals surface area (Å²) in [6.07, 6.45) is 2.47. The van der Waals surface area contributed by atoms with Gasteiger partial charge in [-0.25, -0.2) is 4.39 Å². The van der Waals surface area contributed by atoms with Crippen molar-refractivity contribution in [2.24, 2.45) is 0 Å². The van der Waals surface area contributed by atoms with Crippen LogP contribution in [0.25, 0.3) is 0 Å². The minimum absolute atomic E-state index is 0.0622. The first-order valence-corrected chi connectivity index (χ1v) is 12.1. The molecule has 0 radical (unpaired) electrons. The Morgan fingerprint density at radius 1 is 1.10 bits per heavy atom. The van der Waals surface area contributed by atoms with Gasteiger partial charge in [0.1, 0.15) is 11.9 Å². The predicted octanol–water partition coefficient (Wildman–Crippen LogP) is 5.09. The summed E-state index contributed by atoms with van der Waals surface area (Å²) < 4.78 is 13.1. The van der Waals surface area contributed by atoms with Crippen LogP contribution < -0.4 is 5.32 Å². The Morgan fingerprint density at radius 3 is 2.45 bits per heavy atom. The lowest BCUT2D eigenvalue weighted by atomic mass is 10.1. The predicted molar refractivity (Wildman–Crippen MR) is 126 cm³/mol. The first-order chi connectivity index (χ1) is 15.0. The second kappa shape index (κ2) is 13.2. The van der Waals surface area contributed by atoms with Crippen molar-refractivity contribution in [1.29, 1.82) is 0 Å². The van der Waals surface area contributed by atoms with Gasteiger partial charge in [-0.2, -0.15) is 0 Å². The fraction of sp³-hybridized carbons (Fsp3) is 0.440. The number of halogens is 1. The van der Waals surface area contributed by atoms with Crippen LogP contribution in [0.2, 0.25) is 0 Å². The zero-order valence-corrected chi connectivity index (χ0v) is 19.5. The molecule has 0 heterocycles. The third-order valence-electron chi connectivity index (χ3n) is 5.22. The smallest absolute Gasteiger partial charge is 0.242 e. The van der Waals surface area contributed by atoms with E-state index in [1.54, 1.807) is 17.0 Å². The van der Waals surface area contributed by atoms with Crippen LogP contribution >= 0.6 is 11.8 Å². The SMILES string of the molecule is CCCCNC(=O)[C@H](CC)N(Cc1ccccc1C)C(=O)CSCc1ccc(F)cc1. The average molecular weight is 445 g/mol. The number of nitrogens with zero attached hydrogens (tertiary/aromatic N) is 1. The highest BCUT2D eigenvalue weighted by Gasteiger charge is 2.28. The summed E-state index contributed by atoms with van der Waals surface area (Å²) in [6, 6.07) is 13.8. The summed E-state index contributed by atoms with van der Waals surface area (Å²) in [5, 5.41) is 2.98. The van der Waals surface area contributed by atoms with Gasteiger partial charge in [-0.1, -0.05) is 56.7 Å². The van der Waals surface area contributed by atoms with E-state index in [2.05, 4.69) is 12.2 Å². The van der Waals surface area contributed by atoms with Crippen molar-refractivity contribution >= 4 is 23.6 Å². The molecule has 2 amide bonds. The number of benzene rings is 2. The van der Waals surface area contributed by atoms with Crippen molar-refractivity contribution in [3.63, 3.8) is 0 Å². The van der Waals surface area contributed by atoms with Gasteiger partial charge in [0, 0.05) is 18.8 Å². The molecule has 4 nitrogen and oxygen atoms in total. The lowest BCUT2D eigenvalue weighted by molar-refractivity contribution is -0.139. The van der Waals surface area contributed by atoms with Gasteiger partial charge in [-0.15, -0.1) is 11.8 Å². The van der Waals surface area contributed by atoms with Gasteiger partial charge in [0.25, 0.3) is 0 Å². The minimum Gasteiger partial charge on any atom is -0.354 e. The summed E-state index contributed by atoms with van der Waals surface area (Å²) in [7, 11) is 0. The molecule has 0 saturated heterocycles. The van der Waals surface area contributed by atoms with Crippen LogP contribution in [0.5, 0.6) is 0 Å². The maximum Gasteiger partial charge on any atom is 0.242 e. The molecule has 2 aromatic rings. The van der Waals surface area contributed by atoms with E-state index in [0.717, 1.165) is 29.5 Å². The molecule has 0 saturated carbocycles. The molecule has 0 bridgehead atoms. The average Bonchev–Trinajstić information content (AvgIpc) is 2.76. The summed E-state index contributed by atoms with van der Waals surface area (Å²) in [5.41, 5.74) is 3.11. The van der Waals surface area contributed by atoms with E-state index in [1.807, 2.05) is 38.1 Å². The number of thioether (sulfide) groups is 1. The number of nitrogens with one attached hydrogen (secondary N) is 1. The van der Waals surface area contributed by atoms with E-state index >= 15 is 0 Å². The van der Waals surface area contributed by atoms with Crippen molar-refractivity contribution < 1.29 is 14.0 Å². The number of unbranched alkanes of at least 4 members (excludes halogenated alkanes) is 1. The molecule has 0 aliphatic rings. The Labute approximate surface area is 189 Å². The maximum absolute atomic E-state index is 13.2. The Kier molecular flexibility index (Phi) is 10.6. The molecule has 0 unspecified atom stereocenters. The molecular weight excluding hydrogens is 411 g/mol. The van der Waals surface area contributed by atoms with Gasteiger partial charge in [0.15, 0.2) is 0 Å². The number of rotatable bonds is 12. The van der Waals surface area contributed by atoms with Crippen LogP contribution in [0.15, 0.2) is 48.5 Å². The highest BCUT2D eigenvalue weighted by atomic mass is 32.2. The van der Waals surface area contributed by atoms with Crippen LogP contribution in [0.1, 0.15) is 49.8 Å². The van der Waals surface area contributed by atoms with E-state index < -0.39 is 6.04 Å². The number of aryl methyl sites for hydroxylation is 1. The summed E-state index contributed by atoms with van der Waals surface area (Å²) >= 11 is 1.48. The normalized spacial score (nSPS) is 11.7. The third kappa shape index (κ3) is 8.02. The molecule has 0 aliphatic heterocycles. The lowest BCUT2D eigenvalue weighted by Gasteiger charge is -2.31. The maximum atomic E-state index is 13.2. The van der Waals surface area contributed by atoms with Crippen LogP contribution in [-0.4, -0.2) is 35.1 Å². The fourth-order valence-corrected chi connectivity index (χ4v) is 4.19. The second-order valence-electron chi connectivity index (χ2n) is 7.64. The molecule has 0 fully saturated rings. The summed E-state index contributed by atoms with van der Waals surface area (Å²) in [5.74, 6) is 0.453. The van der Waals surface area contributed by atoms with E-state index in [1.165, 1.54) is 23.9 Å².